The highest BCUT2D eigenvalue weighted by Crippen LogP contribution is 2.50. The molecule has 11 heteroatoms. The summed E-state index contributed by atoms with van der Waals surface area (Å²) in [6.45, 7) is 4.49. The number of ether oxygens (including phenoxy) is 3. The second kappa shape index (κ2) is 8.53. The van der Waals surface area contributed by atoms with Crippen molar-refractivity contribution in [3.8, 4) is 22.8 Å². The third kappa shape index (κ3) is 4.31. The lowest BCUT2D eigenvalue weighted by molar-refractivity contribution is -0.275. The van der Waals surface area contributed by atoms with Gasteiger partial charge < -0.3 is 19.3 Å². The predicted octanol–water partition coefficient (Wildman–Crippen LogP) is 4.09. The predicted molar refractivity (Wildman–Crippen MR) is 116 cm³/mol. The lowest BCUT2D eigenvalue weighted by Crippen LogP contribution is -2.50. The van der Waals surface area contributed by atoms with Crippen LogP contribution in [0.1, 0.15) is 55.1 Å². The van der Waals surface area contributed by atoms with Gasteiger partial charge in [0.25, 0.3) is 0 Å². The van der Waals surface area contributed by atoms with E-state index in [1.807, 2.05) is 18.9 Å². The molecule has 0 saturated carbocycles. The summed E-state index contributed by atoms with van der Waals surface area (Å²) >= 11 is 0. The first-order valence-electron chi connectivity index (χ1n) is 10.8. The molecule has 1 saturated heterocycles. The quantitative estimate of drug-likeness (QED) is 0.595. The van der Waals surface area contributed by atoms with Gasteiger partial charge in [-0.05, 0) is 44.4 Å². The van der Waals surface area contributed by atoms with Crippen LogP contribution < -0.4 is 19.9 Å². The van der Waals surface area contributed by atoms with Crippen LogP contribution in [0.5, 0.6) is 11.5 Å². The number of methoxy groups -OCH3 is 1. The molecule has 184 valence electrons. The van der Waals surface area contributed by atoms with E-state index in [0.29, 0.717) is 30.6 Å². The SMILES string of the molecule is COCCCOc1cc2c(cc1OC(F)(F)F)-c1cc(=O)c(C(=O)O)cn1N1C2CCC1(C)C. The molecule has 0 amide bonds. The fraction of sp³-hybridized carbons (Fsp3) is 0.478. The molecule has 1 aromatic carbocycles. The highest BCUT2D eigenvalue weighted by molar-refractivity contribution is 5.88. The molecular weight excluding hydrogens is 457 g/mol. The monoisotopic (exact) mass is 482 g/mol. The smallest absolute Gasteiger partial charge is 0.490 e. The standard InChI is InChI=1S/C23H25F3N2O6/c1-22(2)6-5-16-13-9-19(33-8-4-7-32-3)20(34-23(24,25)26)10-14(13)17-11-18(29)15(21(30)31)12-27(17)28(16)22/h9-12,16H,4-8H2,1-3H3,(H,30,31). The van der Waals surface area contributed by atoms with E-state index in [1.54, 1.807) is 4.68 Å². The minimum atomic E-state index is -4.96. The van der Waals surface area contributed by atoms with Crippen molar-refractivity contribution in [2.24, 2.45) is 0 Å². The normalized spacial score (nSPS) is 18.2. The molecule has 2 aliphatic rings. The van der Waals surface area contributed by atoms with Crippen LogP contribution in [0.15, 0.2) is 29.2 Å². The van der Waals surface area contributed by atoms with Crippen LogP contribution in [0.25, 0.3) is 11.3 Å². The second-order valence-electron chi connectivity index (χ2n) is 8.93. The lowest BCUT2D eigenvalue weighted by atomic mass is 9.93. The van der Waals surface area contributed by atoms with Crippen LogP contribution >= 0.6 is 0 Å². The number of nitrogens with zero attached hydrogens (tertiary/aromatic N) is 2. The summed E-state index contributed by atoms with van der Waals surface area (Å²) in [5.74, 6) is -1.97. The van der Waals surface area contributed by atoms with E-state index in [0.717, 1.165) is 12.5 Å². The number of rotatable bonds is 7. The number of halogens is 3. The van der Waals surface area contributed by atoms with Gasteiger partial charge in [-0.2, -0.15) is 0 Å². The number of pyridine rings is 1. The highest BCUT2D eigenvalue weighted by Gasteiger charge is 2.45. The molecule has 1 atom stereocenters. The number of benzene rings is 1. The number of hydrogen-bond acceptors (Lipinski definition) is 6. The molecule has 2 aromatic rings. The molecule has 34 heavy (non-hydrogen) atoms. The Hall–Kier alpha value is -3.21. The summed E-state index contributed by atoms with van der Waals surface area (Å²) in [6, 6.07) is 3.62. The van der Waals surface area contributed by atoms with Gasteiger partial charge in [0.05, 0.1) is 23.9 Å². The first kappa shape index (κ1) is 23.9. The maximum atomic E-state index is 13.2. The summed E-state index contributed by atoms with van der Waals surface area (Å²) in [5.41, 5.74) is -0.227. The van der Waals surface area contributed by atoms with Crippen molar-refractivity contribution < 1.29 is 37.3 Å². The summed E-state index contributed by atoms with van der Waals surface area (Å²) in [5, 5.41) is 11.4. The Balaban J connectivity index is 1.91. The fourth-order valence-electron chi connectivity index (χ4n) is 4.72. The van der Waals surface area contributed by atoms with Crippen molar-refractivity contribution in [3.05, 3.63) is 45.7 Å². The molecule has 0 spiro atoms. The summed E-state index contributed by atoms with van der Waals surface area (Å²) in [6.07, 6.45) is -1.82. The largest absolute Gasteiger partial charge is 0.573 e. The molecule has 3 heterocycles. The molecule has 2 aliphatic heterocycles. The average molecular weight is 482 g/mol. The minimum absolute atomic E-state index is 0.0604. The van der Waals surface area contributed by atoms with Gasteiger partial charge in [-0.1, -0.05) is 0 Å². The first-order valence-corrected chi connectivity index (χ1v) is 10.8. The van der Waals surface area contributed by atoms with Gasteiger partial charge in [-0.3, -0.25) is 14.5 Å². The van der Waals surface area contributed by atoms with E-state index in [2.05, 4.69) is 4.74 Å². The summed E-state index contributed by atoms with van der Waals surface area (Å²) < 4.78 is 56.0. The van der Waals surface area contributed by atoms with Crippen molar-refractivity contribution >= 4 is 5.97 Å². The van der Waals surface area contributed by atoms with E-state index in [9.17, 15) is 27.9 Å². The molecular formula is C23H25F3N2O6. The number of fused-ring (bicyclic) bond motifs is 6. The number of alkyl halides is 3. The van der Waals surface area contributed by atoms with Crippen LogP contribution in [0.2, 0.25) is 0 Å². The molecule has 0 aliphatic carbocycles. The Bertz CT molecular complexity index is 1170. The molecule has 0 radical (unpaired) electrons. The maximum absolute atomic E-state index is 13.2. The zero-order valence-corrected chi connectivity index (χ0v) is 18.9. The van der Waals surface area contributed by atoms with Gasteiger partial charge in [-0.25, -0.2) is 4.79 Å². The van der Waals surface area contributed by atoms with E-state index < -0.39 is 34.6 Å². The van der Waals surface area contributed by atoms with Crippen LogP contribution in [-0.4, -0.2) is 48.0 Å². The molecule has 8 nitrogen and oxygen atoms in total. The van der Waals surface area contributed by atoms with E-state index >= 15 is 0 Å². The van der Waals surface area contributed by atoms with Gasteiger partial charge in [0.15, 0.2) is 16.9 Å². The van der Waals surface area contributed by atoms with Crippen molar-refractivity contribution in [1.29, 1.82) is 0 Å². The van der Waals surface area contributed by atoms with Crippen LogP contribution in [0, 0.1) is 0 Å². The number of hydrogen-bond donors (Lipinski definition) is 1. The Morgan fingerprint density at radius 1 is 1.21 bits per heavy atom. The number of carbonyl (C=O) groups is 1. The number of carboxylic acids is 1. The van der Waals surface area contributed by atoms with Gasteiger partial charge in [0.1, 0.15) is 5.56 Å². The Kier molecular flexibility index (Phi) is 6.01. The van der Waals surface area contributed by atoms with Crippen molar-refractivity contribution in [1.82, 2.24) is 4.68 Å². The van der Waals surface area contributed by atoms with E-state index in [1.165, 1.54) is 25.4 Å². The molecule has 4 rings (SSSR count). The zero-order chi connectivity index (χ0) is 24.8. The van der Waals surface area contributed by atoms with Crippen LogP contribution in [-0.2, 0) is 4.74 Å². The molecule has 1 fully saturated rings. The van der Waals surface area contributed by atoms with Crippen molar-refractivity contribution in [2.75, 3.05) is 25.3 Å². The highest BCUT2D eigenvalue weighted by atomic mass is 19.4. The van der Waals surface area contributed by atoms with Gasteiger partial charge >= 0.3 is 12.3 Å². The summed E-state index contributed by atoms with van der Waals surface area (Å²) in [7, 11) is 1.52. The molecule has 1 unspecified atom stereocenters. The molecule has 1 aromatic heterocycles. The van der Waals surface area contributed by atoms with Crippen LogP contribution in [0.3, 0.4) is 0 Å². The number of aromatic nitrogens is 1. The zero-order valence-electron chi connectivity index (χ0n) is 18.9. The maximum Gasteiger partial charge on any atom is 0.573 e. The second-order valence-corrected chi connectivity index (χ2v) is 8.93. The van der Waals surface area contributed by atoms with E-state index in [-0.39, 0.29) is 24.1 Å². The Labute approximate surface area is 193 Å². The third-order valence-electron chi connectivity index (χ3n) is 6.17. The van der Waals surface area contributed by atoms with Crippen LogP contribution in [0.4, 0.5) is 13.2 Å². The molecule has 1 N–H and O–H groups in total. The van der Waals surface area contributed by atoms with Crippen molar-refractivity contribution in [2.45, 2.75) is 51.1 Å². The third-order valence-corrected chi connectivity index (χ3v) is 6.17. The fourth-order valence-corrected chi connectivity index (χ4v) is 4.72. The van der Waals surface area contributed by atoms with E-state index in [4.69, 9.17) is 9.47 Å². The van der Waals surface area contributed by atoms with Gasteiger partial charge in [0.2, 0.25) is 0 Å². The van der Waals surface area contributed by atoms with Gasteiger partial charge in [0, 0.05) is 38.0 Å². The van der Waals surface area contributed by atoms with Crippen molar-refractivity contribution in [3.63, 3.8) is 0 Å². The lowest BCUT2D eigenvalue weighted by Gasteiger charge is -2.44. The summed E-state index contributed by atoms with van der Waals surface area (Å²) in [4.78, 5) is 24.1. The number of carboxylic acid groups (broad SMARTS) is 1. The Morgan fingerprint density at radius 3 is 2.59 bits per heavy atom. The first-order chi connectivity index (χ1) is 15.9. The topological polar surface area (TPSA) is 90.2 Å². The molecule has 0 bridgehead atoms. The average Bonchev–Trinajstić information content (AvgIpc) is 3.05. The minimum Gasteiger partial charge on any atom is -0.490 e. The Morgan fingerprint density at radius 2 is 1.94 bits per heavy atom. The van der Waals surface area contributed by atoms with Gasteiger partial charge in [-0.15, -0.1) is 13.2 Å². The number of aromatic carboxylic acids is 1.